The van der Waals surface area contributed by atoms with Crippen LogP contribution in [-0.4, -0.2) is 19.2 Å². The van der Waals surface area contributed by atoms with Crippen molar-refractivity contribution in [3.05, 3.63) is 29.3 Å². The number of hydrogen-bond donors (Lipinski definition) is 1. The molecule has 1 N–H and O–H groups in total. The van der Waals surface area contributed by atoms with Crippen LogP contribution in [0.2, 0.25) is 0 Å². The lowest BCUT2D eigenvalue weighted by atomic mass is 10.0. The molecule has 21 heavy (non-hydrogen) atoms. The fourth-order valence-electron chi connectivity index (χ4n) is 2.36. The predicted molar refractivity (Wildman–Crippen MR) is 92.4 cm³/mol. The molecule has 1 aromatic carbocycles. The van der Waals surface area contributed by atoms with Crippen molar-refractivity contribution in [1.29, 1.82) is 0 Å². The van der Waals surface area contributed by atoms with Gasteiger partial charge in [0.1, 0.15) is 5.75 Å². The zero-order chi connectivity index (χ0) is 15.7. The predicted octanol–water partition coefficient (Wildman–Crippen LogP) is 5.06. The molecule has 1 aromatic rings. The van der Waals surface area contributed by atoms with Crippen molar-refractivity contribution in [2.24, 2.45) is 0 Å². The third kappa shape index (κ3) is 6.99. The van der Waals surface area contributed by atoms with Crippen molar-refractivity contribution < 1.29 is 4.74 Å². The minimum absolute atomic E-state index is 0.554. The van der Waals surface area contributed by atoms with Crippen LogP contribution < -0.4 is 10.1 Å². The van der Waals surface area contributed by atoms with Gasteiger partial charge in [0.15, 0.2) is 0 Å². The first kappa shape index (κ1) is 18.0. The highest BCUT2D eigenvalue weighted by Gasteiger charge is 2.05. The summed E-state index contributed by atoms with van der Waals surface area (Å²) in [4.78, 5) is 0. The Morgan fingerprint density at radius 3 is 2.57 bits per heavy atom. The van der Waals surface area contributed by atoms with Crippen molar-refractivity contribution in [2.45, 2.75) is 72.3 Å². The van der Waals surface area contributed by atoms with Gasteiger partial charge in [-0.1, -0.05) is 32.9 Å². The molecule has 0 amide bonds. The van der Waals surface area contributed by atoms with Crippen LogP contribution in [0.4, 0.5) is 0 Å². The number of hydrogen-bond acceptors (Lipinski definition) is 2. The Bertz CT molecular complexity index is 401. The summed E-state index contributed by atoms with van der Waals surface area (Å²) < 4.78 is 5.97. The third-order valence-electron chi connectivity index (χ3n) is 3.91. The molecule has 0 aromatic heterocycles. The molecule has 1 rings (SSSR count). The minimum Gasteiger partial charge on any atom is -0.493 e. The highest BCUT2D eigenvalue weighted by Crippen LogP contribution is 2.24. The van der Waals surface area contributed by atoms with E-state index in [1.54, 1.807) is 0 Å². The number of ether oxygens (including phenoxy) is 1. The smallest absolute Gasteiger partial charge is 0.122 e. The Balaban J connectivity index is 2.28. The normalized spacial score (nSPS) is 12.7. The van der Waals surface area contributed by atoms with Crippen LogP contribution in [0.25, 0.3) is 0 Å². The average Bonchev–Trinajstić information content (AvgIpc) is 2.46. The molecular weight excluding hydrogens is 258 g/mol. The maximum atomic E-state index is 5.97. The number of aryl methyl sites for hydroxylation is 1. The lowest BCUT2D eigenvalue weighted by Gasteiger charge is -2.14. The minimum atomic E-state index is 0.554. The second-order valence-corrected chi connectivity index (χ2v) is 6.38. The number of nitrogens with one attached hydrogen (secondary N) is 1. The van der Waals surface area contributed by atoms with Crippen LogP contribution in [0.15, 0.2) is 18.2 Å². The van der Waals surface area contributed by atoms with Gasteiger partial charge in [-0.05, 0) is 69.2 Å². The molecule has 0 saturated heterocycles. The van der Waals surface area contributed by atoms with E-state index in [1.165, 1.54) is 30.4 Å². The molecule has 1 unspecified atom stereocenters. The van der Waals surface area contributed by atoms with Crippen molar-refractivity contribution in [3.8, 4) is 5.75 Å². The Kier molecular flexibility index (Phi) is 8.44. The molecule has 0 aliphatic carbocycles. The molecule has 0 spiro atoms. The second kappa shape index (κ2) is 9.83. The van der Waals surface area contributed by atoms with E-state index in [2.05, 4.69) is 58.1 Å². The van der Waals surface area contributed by atoms with E-state index < -0.39 is 0 Å². The number of benzene rings is 1. The lowest BCUT2D eigenvalue weighted by Crippen LogP contribution is -2.26. The van der Waals surface area contributed by atoms with E-state index in [0.717, 1.165) is 25.3 Å². The van der Waals surface area contributed by atoms with E-state index in [1.807, 2.05) is 0 Å². The summed E-state index contributed by atoms with van der Waals surface area (Å²) in [7, 11) is 0. The van der Waals surface area contributed by atoms with Crippen LogP contribution in [0.3, 0.4) is 0 Å². The van der Waals surface area contributed by atoms with E-state index >= 15 is 0 Å². The summed E-state index contributed by atoms with van der Waals surface area (Å²) in [5.74, 6) is 1.61. The maximum Gasteiger partial charge on any atom is 0.122 e. The zero-order valence-corrected chi connectivity index (χ0v) is 14.5. The zero-order valence-electron chi connectivity index (χ0n) is 14.5. The van der Waals surface area contributed by atoms with Crippen molar-refractivity contribution in [2.75, 3.05) is 13.2 Å². The summed E-state index contributed by atoms with van der Waals surface area (Å²) >= 11 is 0. The van der Waals surface area contributed by atoms with Crippen LogP contribution in [0.5, 0.6) is 5.75 Å². The fourth-order valence-corrected chi connectivity index (χ4v) is 2.36. The molecule has 0 bridgehead atoms. The summed E-state index contributed by atoms with van der Waals surface area (Å²) in [6, 6.07) is 7.19. The molecule has 0 fully saturated rings. The van der Waals surface area contributed by atoms with Gasteiger partial charge in [-0.15, -0.1) is 0 Å². The van der Waals surface area contributed by atoms with Gasteiger partial charge in [0.05, 0.1) is 6.61 Å². The van der Waals surface area contributed by atoms with Gasteiger partial charge in [-0.3, -0.25) is 0 Å². The SMILES string of the molecule is CCCNC(C)CCCCOc1cc(C(C)C)ccc1C. The standard InChI is InChI=1S/C19H33NO/c1-6-12-20-17(5)9-7-8-13-21-19-14-18(15(2)3)11-10-16(19)4/h10-11,14-15,17,20H,6-9,12-13H2,1-5H3. The summed E-state index contributed by atoms with van der Waals surface area (Å²) in [5, 5.41) is 3.53. The summed E-state index contributed by atoms with van der Waals surface area (Å²) in [6.45, 7) is 13.0. The first-order valence-corrected chi connectivity index (χ1v) is 8.51. The lowest BCUT2D eigenvalue weighted by molar-refractivity contribution is 0.299. The van der Waals surface area contributed by atoms with E-state index in [-0.39, 0.29) is 0 Å². The highest BCUT2D eigenvalue weighted by atomic mass is 16.5. The third-order valence-corrected chi connectivity index (χ3v) is 3.91. The average molecular weight is 291 g/mol. The second-order valence-electron chi connectivity index (χ2n) is 6.38. The summed E-state index contributed by atoms with van der Waals surface area (Å²) in [5.41, 5.74) is 2.59. The first-order chi connectivity index (χ1) is 10.0. The summed E-state index contributed by atoms with van der Waals surface area (Å²) in [6.07, 6.45) is 4.79. The van der Waals surface area contributed by atoms with Gasteiger partial charge in [0.25, 0.3) is 0 Å². The Morgan fingerprint density at radius 1 is 1.14 bits per heavy atom. The van der Waals surface area contributed by atoms with Gasteiger partial charge in [0, 0.05) is 6.04 Å². The van der Waals surface area contributed by atoms with Crippen molar-refractivity contribution in [1.82, 2.24) is 5.32 Å². The number of unbranched alkanes of at least 4 members (excludes halogenated alkanes) is 1. The highest BCUT2D eigenvalue weighted by molar-refractivity contribution is 5.37. The molecule has 0 saturated carbocycles. The molecule has 2 heteroatoms. The Labute approximate surface area is 131 Å². The van der Waals surface area contributed by atoms with Gasteiger partial charge in [-0.2, -0.15) is 0 Å². The van der Waals surface area contributed by atoms with E-state index in [4.69, 9.17) is 4.74 Å². The van der Waals surface area contributed by atoms with Crippen LogP contribution >= 0.6 is 0 Å². The Hall–Kier alpha value is -1.02. The first-order valence-electron chi connectivity index (χ1n) is 8.51. The maximum absolute atomic E-state index is 5.97. The molecule has 0 aliphatic rings. The van der Waals surface area contributed by atoms with Gasteiger partial charge < -0.3 is 10.1 Å². The molecule has 0 radical (unpaired) electrons. The van der Waals surface area contributed by atoms with Gasteiger partial charge >= 0.3 is 0 Å². The molecule has 120 valence electrons. The van der Waals surface area contributed by atoms with Crippen molar-refractivity contribution in [3.63, 3.8) is 0 Å². The fraction of sp³-hybridized carbons (Fsp3) is 0.684. The van der Waals surface area contributed by atoms with Gasteiger partial charge in [0.2, 0.25) is 0 Å². The Morgan fingerprint density at radius 2 is 1.90 bits per heavy atom. The topological polar surface area (TPSA) is 21.3 Å². The van der Waals surface area contributed by atoms with Crippen LogP contribution in [0, 0.1) is 6.92 Å². The molecule has 1 atom stereocenters. The molecule has 2 nitrogen and oxygen atoms in total. The van der Waals surface area contributed by atoms with Crippen LogP contribution in [-0.2, 0) is 0 Å². The number of rotatable bonds is 10. The molecular formula is C19H33NO. The van der Waals surface area contributed by atoms with Crippen LogP contribution in [0.1, 0.15) is 70.4 Å². The van der Waals surface area contributed by atoms with Crippen molar-refractivity contribution >= 4 is 0 Å². The van der Waals surface area contributed by atoms with E-state index in [0.29, 0.717) is 12.0 Å². The van der Waals surface area contributed by atoms with E-state index in [9.17, 15) is 0 Å². The quantitative estimate of drug-likeness (QED) is 0.609. The van der Waals surface area contributed by atoms with Gasteiger partial charge in [-0.25, -0.2) is 0 Å². The largest absolute Gasteiger partial charge is 0.493 e. The monoisotopic (exact) mass is 291 g/mol. The molecule has 0 aliphatic heterocycles. The molecule has 0 heterocycles.